The molecule has 1 aromatic rings. The van der Waals surface area contributed by atoms with Gasteiger partial charge in [0.25, 0.3) is 5.91 Å². The lowest BCUT2D eigenvalue weighted by Gasteiger charge is -2.15. The summed E-state index contributed by atoms with van der Waals surface area (Å²) in [7, 11) is 0. The van der Waals surface area contributed by atoms with Gasteiger partial charge in [-0.3, -0.25) is 14.3 Å². The normalized spacial score (nSPS) is 14.9. The number of carbonyl (C=O) groups is 2. The van der Waals surface area contributed by atoms with Crippen molar-refractivity contribution in [1.29, 1.82) is 0 Å². The summed E-state index contributed by atoms with van der Waals surface area (Å²) in [4.78, 5) is 25.4. The Hall–Kier alpha value is -1.37. The van der Waals surface area contributed by atoms with Crippen LogP contribution in [0.5, 0.6) is 0 Å². The van der Waals surface area contributed by atoms with Gasteiger partial charge in [0.1, 0.15) is 5.69 Å². The molecule has 0 spiro atoms. The van der Waals surface area contributed by atoms with E-state index in [4.69, 9.17) is 0 Å². The van der Waals surface area contributed by atoms with E-state index in [-0.39, 0.29) is 11.8 Å². The van der Waals surface area contributed by atoms with Crippen LogP contribution in [0.25, 0.3) is 0 Å². The summed E-state index contributed by atoms with van der Waals surface area (Å²) in [5.41, 5.74) is 0.546. The lowest BCUT2D eigenvalue weighted by Crippen LogP contribution is -2.31. The van der Waals surface area contributed by atoms with Gasteiger partial charge in [0.15, 0.2) is 0 Å². The third-order valence-electron chi connectivity index (χ3n) is 3.37. The standard InChI is InChI=1S/C13H19BrN4O2/c1-2-18-12(10(14)9-16-18)13(20)15-6-4-8-17-7-3-5-11(17)19/h9H,2-8H2,1H3,(H,15,20). The highest BCUT2D eigenvalue weighted by molar-refractivity contribution is 9.10. The first kappa shape index (κ1) is 15.0. The van der Waals surface area contributed by atoms with Crippen LogP contribution in [0.15, 0.2) is 10.7 Å². The average molecular weight is 343 g/mol. The van der Waals surface area contributed by atoms with Gasteiger partial charge in [-0.15, -0.1) is 0 Å². The molecule has 0 bridgehead atoms. The first-order valence-corrected chi connectivity index (χ1v) is 7.70. The van der Waals surface area contributed by atoms with Crippen molar-refractivity contribution in [2.45, 2.75) is 32.7 Å². The summed E-state index contributed by atoms with van der Waals surface area (Å²) in [6.07, 6.45) is 4.01. The molecule has 0 aromatic carbocycles. The van der Waals surface area contributed by atoms with Crippen molar-refractivity contribution in [1.82, 2.24) is 20.0 Å². The molecule has 0 atom stereocenters. The van der Waals surface area contributed by atoms with Gasteiger partial charge in [0.05, 0.1) is 10.7 Å². The summed E-state index contributed by atoms with van der Waals surface area (Å²) < 4.78 is 2.36. The Morgan fingerprint density at radius 3 is 3.00 bits per heavy atom. The van der Waals surface area contributed by atoms with E-state index >= 15 is 0 Å². The zero-order valence-corrected chi connectivity index (χ0v) is 13.1. The van der Waals surface area contributed by atoms with E-state index in [9.17, 15) is 9.59 Å². The molecule has 7 heteroatoms. The second-order valence-electron chi connectivity index (χ2n) is 4.75. The maximum Gasteiger partial charge on any atom is 0.270 e. The molecule has 1 aliphatic heterocycles. The highest BCUT2D eigenvalue weighted by atomic mass is 79.9. The Morgan fingerprint density at radius 2 is 2.35 bits per heavy atom. The van der Waals surface area contributed by atoms with E-state index in [1.54, 1.807) is 10.9 Å². The van der Waals surface area contributed by atoms with Gasteiger partial charge in [0.2, 0.25) is 5.91 Å². The van der Waals surface area contributed by atoms with E-state index < -0.39 is 0 Å². The quantitative estimate of drug-likeness (QED) is 0.794. The lowest BCUT2D eigenvalue weighted by atomic mass is 10.3. The third kappa shape index (κ3) is 3.39. The molecule has 2 amide bonds. The van der Waals surface area contributed by atoms with Crippen LogP contribution < -0.4 is 5.32 Å². The van der Waals surface area contributed by atoms with Gasteiger partial charge >= 0.3 is 0 Å². The molecular weight excluding hydrogens is 324 g/mol. The first-order chi connectivity index (χ1) is 9.63. The molecule has 2 rings (SSSR count). The molecule has 0 aliphatic carbocycles. The maximum atomic E-state index is 12.1. The smallest absolute Gasteiger partial charge is 0.270 e. The molecule has 0 unspecified atom stereocenters. The van der Waals surface area contributed by atoms with Gasteiger partial charge in [0, 0.05) is 32.6 Å². The summed E-state index contributed by atoms with van der Waals surface area (Å²) >= 11 is 3.33. The highest BCUT2D eigenvalue weighted by Gasteiger charge is 2.19. The van der Waals surface area contributed by atoms with Crippen LogP contribution >= 0.6 is 15.9 Å². The summed E-state index contributed by atoms with van der Waals surface area (Å²) in [5, 5.41) is 6.98. The van der Waals surface area contributed by atoms with Crippen LogP contribution in [0.2, 0.25) is 0 Å². The number of amides is 2. The zero-order valence-electron chi connectivity index (χ0n) is 11.6. The SMILES string of the molecule is CCn1ncc(Br)c1C(=O)NCCCN1CCCC1=O. The molecule has 1 saturated heterocycles. The fourth-order valence-electron chi connectivity index (χ4n) is 2.32. The molecule has 0 saturated carbocycles. The number of halogens is 1. The van der Waals surface area contributed by atoms with Crippen LogP contribution in [0.3, 0.4) is 0 Å². The van der Waals surface area contributed by atoms with Crippen molar-refractivity contribution in [2.24, 2.45) is 0 Å². The number of nitrogens with zero attached hydrogens (tertiary/aromatic N) is 3. The molecule has 2 heterocycles. The molecule has 20 heavy (non-hydrogen) atoms. The van der Waals surface area contributed by atoms with Gasteiger partial charge in [-0.05, 0) is 35.7 Å². The van der Waals surface area contributed by atoms with Crippen molar-refractivity contribution in [3.05, 3.63) is 16.4 Å². The topological polar surface area (TPSA) is 67.2 Å². The van der Waals surface area contributed by atoms with Crippen LogP contribution in [0.1, 0.15) is 36.7 Å². The number of likely N-dealkylation sites (tertiary alicyclic amines) is 1. The van der Waals surface area contributed by atoms with E-state index in [1.165, 1.54) is 0 Å². The Labute approximate surface area is 126 Å². The Kier molecular flexibility index (Phi) is 5.17. The molecule has 0 radical (unpaired) electrons. The predicted molar refractivity (Wildman–Crippen MR) is 78.4 cm³/mol. The second kappa shape index (κ2) is 6.88. The monoisotopic (exact) mass is 342 g/mol. The fraction of sp³-hybridized carbons (Fsp3) is 0.615. The Bertz CT molecular complexity index is 501. The Morgan fingerprint density at radius 1 is 1.55 bits per heavy atom. The van der Waals surface area contributed by atoms with Crippen molar-refractivity contribution in [3.63, 3.8) is 0 Å². The van der Waals surface area contributed by atoms with E-state index in [0.29, 0.717) is 36.2 Å². The van der Waals surface area contributed by atoms with Crippen LogP contribution in [0, 0.1) is 0 Å². The zero-order chi connectivity index (χ0) is 14.5. The number of hydrogen-bond donors (Lipinski definition) is 1. The predicted octanol–water partition coefficient (Wildman–Crippen LogP) is 1.41. The average Bonchev–Trinajstić information content (AvgIpc) is 3.00. The number of aromatic nitrogens is 2. The van der Waals surface area contributed by atoms with Crippen LogP contribution in [-0.4, -0.2) is 46.1 Å². The number of aryl methyl sites for hydroxylation is 1. The number of hydrogen-bond acceptors (Lipinski definition) is 3. The minimum absolute atomic E-state index is 0.135. The minimum atomic E-state index is -0.135. The summed E-state index contributed by atoms with van der Waals surface area (Å²) in [6, 6.07) is 0. The summed E-state index contributed by atoms with van der Waals surface area (Å²) in [5.74, 6) is 0.0899. The maximum absolute atomic E-state index is 12.1. The van der Waals surface area contributed by atoms with E-state index in [1.807, 2.05) is 11.8 Å². The molecule has 6 nitrogen and oxygen atoms in total. The minimum Gasteiger partial charge on any atom is -0.351 e. The molecule has 1 aromatic heterocycles. The second-order valence-corrected chi connectivity index (χ2v) is 5.61. The van der Waals surface area contributed by atoms with Gasteiger partial charge < -0.3 is 10.2 Å². The molecular formula is C13H19BrN4O2. The number of carbonyl (C=O) groups excluding carboxylic acids is 2. The lowest BCUT2D eigenvalue weighted by molar-refractivity contribution is -0.127. The van der Waals surface area contributed by atoms with E-state index in [0.717, 1.165) is 19.4 Å². The van der Waals surface area contributed by atoms with Crippen molar-refractivity contribution < 1.29 is 9.59 Å². The van der Waals surface area contributed by atoms with Gasteiger partial charge in [-0.2, -0.15) is 5.10 Å². The fourth-order valence-corrected chi connectivity index (χ4v) is 2.80. The van der Waals surface area contributed by atoms with Gasteiger partial charge in [-0.25, -0.2) is 0 Å². The molecule has 1 N–H and O–H groups in total. The third-order valence-corrected chi connectivity index (χ3v) is 3.95. The highest BCUT2D eigenvalue weighted by Crippen LogP contribution is 2.15. The summed E-state index contributed by atoms with van der Waals surface area (Å²) in [6.45, 7) is 4.71. The van der Waals surface area contributed by atoms with E-state index in [2.05, 4.69) is 26.3 Å². The largest absolute Gasteiger partial charge is 0.351 e. The Balaban J connectivity index is 1.77. The molecule has 1 aliphatic rings. The van der Waals surface area contributed by atoms with Gasteiger partial charge in [-0.1, -0.05) is 0 Å². The van der Waals surface area contributed by atoms with Crippen molar-refractivity contribution >= 4 is 27.7 Å². The van der Waals surface area contributed by atoms with Crippen LogP contribution in [0.4, 0.5) is 0 Å². The first-order valence-electron chi connectivity index (χ1n) is 6.90. The molecule has 110 valence electrons. The molecule has 1 fully saturated rings. The number of nitrogens with one attached hydrogen (secondary N) is 1. The van der Waals surface area contributed by atoms with Crippen molar-refractivity contribution in [3.8, 4) is 0 Å². The van der Waals surface area contributed by atoms with Crippen molar-refractivity contribution in [2.75, 3.05) is 19.6 Å². The number of rotatable bonds is 6. The van der Waals surface area contributed by atoms with Crippen LogP contribution in [-0.2, 0) is 11.3 Å².